The van der Waals surface area contributed by atoms with Crippen molar-refractivity contribution in [1.82, 2.24) is 0 Å². The number of carbonyl (C=O) groups excluding carboxylic acids is 4. The molecule has 7 aliphatic heterocycles. The van der Waals surface area contributed by atoms with Gasteiger partial charge in [-0.2, -0.15) is 0 Å². The summed E-state index contributed by atoms with van der Waals surface area (Å²) >= 11 is 0. The summed E-state index contributed by atoms with van der Waals surface area (Å²) in [6.45, 7) is 56.1. The molecule has 7 aliphatic carbocycles. The molecule has 28 atom stereocenters. The summed E-state index contributed by atoms with van der Waals surface area (Å²) in [5, 5.41) is 0. The Labute approximate surface area is 690 Å². The van der Waals surface area contributed by atoms with Crippen molar-refractivity contribution in [1.29, 1.82) is 0 Å². The molecule has 0 radical (unpaired) electrons. The predicted molar refractivity (Wildman–Crippen MR) is 461 cm³/mol. The maximum absolute atomic E-state index is 11.6. The molecule has 112 heavy (non-hydrogen) atoms. The van der Waals surface area contributed by atoms with Crippen LogP contribution in [0.4, 0.5) is 0 Å². The highest BCUT2D eigenvalue weighted by atomic mass is 16.6. The molecule has 14 aliphatic rings. The molecule has 11 nitrogen and oxygen atoms in total. The Morgan fingerprint density at radius 1 is 0.304 bits per heavy atom. The van der Waals surface area contributed by atoms with Gasteiger partial charge < -0.3 is 33.2 Å². The van der Waals surface area contributed by atoms with Crippen LogP contribution in [0.1, 0.15) is 422 Å². The average Bonchev–Trinajstić information content (AvgIpc) is 1.75. The molecule has 0 spiro atoms. The van der Waals surface area contributed by atoms with E-state index < -0.39 is 0 Å². The third-order valence-corrected chi connectivity index (χ3v) is 33.1. The van der Waals surface area contributed by atoms with Gasteiger partial charge in [-0.25, -0.2) is 0 Å². The van der Waals surface area contributed by atoms with E-state index >= 15 is 0 Å². The van der Waals surface area contributed by atoms with Gasteiger partial charge >= 0.3 is 23.9 Å². The van der Waals surface area contributed by atoms with Crippen molar-refractivity contribution in [2.75, 3.05) is 19.8 Å². The number of rotatable bonds is 19. The van der Waals surface area contributed by atoms with Gasteiger partial charge in [0.1, 0.15) is 24.4 Å². The molecule has 11 heteroatoms. The van der Waals surface area contributed by atoms with Crippen LogP contribution in [0.15, 0.2) is 0 Å². The standard InChI is InChI=1S/2C15H26O2.C15H28O.2C14H24O2.2C14H26O/c2*1-4-5-7-15(3)8-6-12-11(2)9-14(16)17-13(12)10-15;1-4-5-8-15(3)9-6-13-12(2)7-10-16-14(13)11-15;2*1-9(2)7-14(4)6-5-11-10(3)13(15)16-12(11)8-14;2*1-4-5-7-14(3)8-6-12-11(2)10-15-13(12)9-14/h2*11-13H,4-10H2,1-3H3;12-14H,4-11H2,1-3H3;2*9-12H,5-8H2,1-4H3;2*11-13H,4-10H2,1-3H3/t11?,12-,13?,15?;;;10?,11-,12?,14?;;11-,12+,13?,14?;11-,12-,13?,14?/m0..0.10/s1. The first kappa shape index (κ1) is 95.2. The molecule has 0 bridgehead atoms. The van der Waals surface area contributed by atoms with Crippen LogP contribution in [0.5, 0.6) is 0 Å². The Kier molecular flexibility index (Phi) is 36.4. The quantitative estimate of drug-likeness (QED) is 0.0904. The van der Waals surface area contributed by atoms with Crippen LogP contribution >= 0.6 is 0 Å². The van der Waals surface area contributed by atoms with E-state index in [2.05, 4.69) is 145 Å². The Hall–Kier alpha value is -2.24. The third kappa shape index (κ3) is 26.9. The van der Waals surface area contributed by atoms with Crippen molar-refractivity contribution in [2.45, 2.75) is 465 Å². The normalized spacial score (nSPS) is 43.5. The lowest BCUT2D eigenvalue weighted by atomic mass is 9.64. The summed E-state index contributed by atoms with van der Waals surface area (Å²) in [5.41, 5.74) is 3.35. The summed E-state index contributed by atoms with van der Waals surface area (Å²) in [6.07, 6.45) is 54.6. The van der Waals surface area contributed by atoms with Crippen molar-refractivity contribution >= 4 is 23.9 Å². The van der Waals surface area contributed by atoms with Gasteiger partial charge in [0.2, 0.25) is 0 Å². The van der Waals surface area contributed by atoms with Crippen molar-refractivity contribution in [2.24, 2.45) is 133 Å². The summed E-state index contributed by atoms with van der Waals surface area (Å²) in [7, 11) is 0. The van der Waals surface area contributed by atoms with E-state index in [9.17, 15) is 19.2 Å². The Bertz CT molecular complexity index is 2670. The second-order valence-corrected chi connectivity index (χ2v) is 45.1. The summed E-state index contributed by atoms with van der Waals surface area (Å²) < 4.78 is 40.1. The fraction of sp³-hybridized carbons (Fsp3) is 0.960. The molecule has 0 aromatic carbocycles. The number of hydrogen-bond donors (Lipinski definition) is 0. The maximum Gasteiger partial charge on any atom is 0.309 e. The smallest absolute Gasteiger partial charge is 0.309 e. The fourth-order valence-corrected chi connectivity index (χ4v) is 25.6. The van der Waals surface area contributed by atoms with Crippen LogP contribution in [0, 0.1) is 133 Å². The minimum absolute atomic E-state index is 0.0264. The zero-order valence-corrected chi connectivity index (χ0v) is 77.4. The van der Waals surface area contributed by atoms with Crippen molar-refractivity contribution in [3.05, 3.63) is 0 Å². The first-order valence-corrected chi connectivity index (χ1v) is 48.5. The monoisotopic (exact) mass is 1570 g/mol. The van der Waals surface area contributed by atoms with Gasteiger partial charge in [-0.3, -0.25) is 19.2 Å². The molecule has 22 unspecified atom stereocenters. The molecule has 7 saturated carbocycles. The van der Waals surface area contributed by atoms with Gasteiger partial charge in [0.25, 0.3) is 0 Å². The topological polar surface area (TPSA) is 133 Å². The van der Waals surface area contributed by atoms with Gasteiger partial charge in [-0.05, 0) is 295 Å². The van der Waals surface area contributed by atoms with E-state index in [4.69, 9.17) is 33.2 Å². The zero-order chi connectivity index (χ0) is 82.2. The van der Waals surface area contributed by atoms with Gasteiger partial charge in [0.05, 0.1) is 30.1 Å². The van der Waals surface area contributed by atoms with Crippen molar-refractivity contribution in [3.63, 3.8) is 0 Å². The van der Waals surface area contributed by atoms with Gasteiger partial charge in [-0.15, -0.1) is 0 Å². The number of fused-ring (bicyclic) bond motifs is 7. The minimum atomic E-state index is 0.0264. The lowest BCUT2D eigenvalue weighted by molar-refractivity contribution is -0.171. The van der Waals surface area contributed by atoms with E-state index in [1.807, 2.05) is 13.8 Å². The molecular weight excluding hydrogens is 1390 g/mol. The van der Waals surface area contributed by atoms with Gasteiger partial charge in [0, 0.05) is 44.5 Å². The van der Waals surface area contributed by atoms with E-state index in [0.29, 0.717) is 105 Å². The molecule has 7 heterocycles. The highest BCUT2D eigenvalue weighted by Crippen LogP contribution is 2.55. The fourth-order valence-electron chi connectivity index (χ4n) is 25.6. The van der Waals surface area contributed by atoms with E-state index in [1.54, 1.807) is 0 Å². The molecule has 650 valence electrons. The number of ether oxygens (including phenoxy) is 7. The van der Waals surface area contributed by atoms with Crippen LogP contribution in [0.3, 0.4) is 0 Å². The molecule has 14 rings (SSSR count). The Morgan fingerprint density at radius 2 is 0.554 bits per heavy atom. The minimum Gasteiger partial charge on any atom is -0.462 e. The average molecular weight is 1570 g/mol. The number of hydrogen-bond acceptors (Lipinski definition) is 11. The summed E-state index contributed by atoms with van der Waals surface area (Å²) in [6, 6.07) is 0. The van der Waals surface area contributed by atoms with Crippen LogP contribution in [-0.2, 0) is 52.3 Å². The maximum atomic E-state index is 11.6. The molecule has 7 saturated heterocycles. The lowest BCUT2D eigenvalue weighted by Crippen LogP contribution is -2.45. The SMILES string of the molecule is CC(C)CC1(C)CCC2C(C1)OC(=O)C2C.CC(C)CC1(C)CC[C@@H]2C(C1)OC(=O)C2C.CCCCC1(C)CCC2C(C)CC(=O)OC2C1.CCCCC1(C)CCC2C(C)CCOC2C1.CCCCC1(C)CC[C@@H]2C(C1)OC[C@@H]2C.CCCCC1(C)CC[C@@H]2C(C1)OC[C@H]2C.CCCCC1(C)CC[C@H]2C(C)CC(=O)OC2C1. The van der Waals surface area contributed by atoms with E-state index in [1.165, 1.54) is 225 Å². The third-order valence-electron chi connectivity index (χ3n) is 33.1. The second-order valence-electron chi connectivity index (χ2n) is 45.1. The summed E-state index contributed by atoms with van der Waals surface area (Å²) in [5.74, 6) is 10.3. The highest BCUT2D eigenvalue weighted by molar-refractivity contribution is 5.75. The Balaban J connectivity index is 0.000000164. The number of carbonyl (C=O) groups is 4. The van der Waals surface area contributed by atoms with Gasteiger partial charge in [-0.1, -0.05) is 223 Å². The first-order chi connectivity index (χ1) is 52.8. The lowest BCUT2D eigenvalue weighted by Gasteiger charge is -2.47. The Morgan fingerprint density at radius 3 is 0.857 bits per heavy atom. The molecule has 0 aromatic rings. The van der Waals surface area contributed by atoms with Crippen molar-refractivity contribution < 1.29 is 52.3 Å². The first-order valence-electron chi connectivity index (χ1n) is 48.5. The number of unbranched alkanes of at least 4 members (excludes halogenated alkanes) is 5. The zero-order valence-electron chi connectivity index (χ0n) is 77.4. The highest BCUT2D eigenvalue weighted by Gasteiger charge is 2.53. The van der Waals surface area contributed by atoms with Crippen LogP contribution < -0.4 is 0 Å². The molecular formula is C101H180O11. The molecule has 14 fully saturated rings. The second kappa shape index (κ2) is 42.8. The van der Waals surface area contributed by atoms with Crippen LogP contribution in [0.2, 0.25) is 0 Å². The van der Waals surface area contributed by atoms with Gasteiger partial charge in [0.15, 0.2) is 0 Å². The summed E-state index contributed by atoms with van der Waals surface area (Å²) in [4.78, 5) is 46.2. The van der Waals surface area contributed by atoms with Crippen molar-refractivity contribution in [3.8, 4) is 0 Å². The van der Waals surface area contributed by atoms with Crippen LogP contribution in [0.25, 0.3) is 0 Å². The van der Waals surface area contributed by atoms with E-state index in [-0.39, 0.29) is 60.1 Å². The van der Waals surface area contributed by atoms with Crippen LogP contribution in [-0.4, -0.2) is 86.4 Å². The molecule has 0 amide bonds. The largest absolute Gasteiger partial charge is 0.462 e. The number of esters is 4. The molecule has 0 N–H and O–H groups in total. The molecule has 0 aromatic heterocycles. The van der Waals surface area contributed by atoms with E-state index in [0.717, 1.165) is 92.8 Å². The predicted octanol–water partition coefficient (Wildman–Crippen LogP) is 27.1.